The molecule has 3 N–H and O–H groups in total. The van der Waals surface area contributed by atoms with Crippen LogP contribution in [0.3, 0.4) is 0 Å². The van der Waals surface area contributed by atoms with Gasteiger partial charge in [-0.3, -0.25) is 14.6 Å². The van der Waals surface area contributed by atoms with Crippen molar-refractivity contribution in [2.24, 2.45) is 0 Å². The Bertz CT molecular complexity index is 2010. The Kier molecular flexibility index (Phi) is 7.65. The van der Waals surface area contributed by atoms with Gasteiger partial charge >= 0.3 is 0 Å². The van der Waals surface area contributed by atoms with Crippen LogP contribution in [0.5, 0.6) is 5.75 Å². The molecular weight excluding hydrogens is 538 g/mol. The van der Waals surface area contributed by atoms with Crippen LogP contribution in [-0.4, -0.2) is 25.8 Å². The first kappa shape index (κ1) is 27.4. The number of benzene rings is 4. The zero-order valence-electron chi connectivity index (χ0n) is 23.5. The highest BCUT2D eigenvalue weighted by atomic mass is 16.3. The molecule has 0 aliphatic rings. The SMILES string of the molecule is CCn1nc(-c2cccc(-c3cccc(C(=O)NCc4cccc(O)c4)c3)c2)cc(Nc2cccc3ncccc23)c1=O. The van der Waals surface area contributed by atoms with Crippen LogP contribution < -0.4 is 16.2 Å². The van der Waals surface area contributed by atoms with Gasteiger partial charge in [0.05, 0.1) is 11.2 Å². The maximum Gasteiger partial charge on any atom is 0.290 e. The number of phenolic OH excluding ortho intramolecular Hbond substituents is 1. The Balaban J connectivity index is 1.29. The molecule has 0 bridgehead atoms. The van der Waals surface area contributed by atoms with Crippen LogP contribution in [0, 0.1) is 0 Å². The average Bonchev–Trinajstić information content (AvgIpc) is 3.05. The van der Waals surface area contributed by atoms with E-state index in [-0.39, 0.29) is 17.2 Å². The minimum absolute atomic E-state index is 0.159. The number of anilines is 2. The normalized spacial score (nSPS) is 10.9. The summed E-state index contributed by atoms with van der Waals surface area (Å²) in [6, 6.07) is 33.5. The van der Waals surface area contributed by atoms with E-state index in [1.165, 1.54) is 4.68 Å². The first-order valence-electron chi connectivity index (χ1n) is 14.0. The van der Waals surface area contributed by atoms with Crippen molar-refractivity contribution >= 4 is 28.2 Å². The lowest BCUT2D eigenvalue weighted by atomic mass is 9.99. The third-order valence-electron chi connectivity index (χ3n) is 7.17. The van der Waals surface area contributed by atoms with Crippen LogP contribution in [0.4, 0.5) is 11.4 Å². The molecule has 0 saturated heterocycles. The first-order chi connectivity index (χ1) is 21.0. The summed E-state index contributed by atoms with van der Waals surface area (Å²) in [5.41, 5.74) is 6.41. The van der Waals surface area contributed by atoms with Crippen LogP contribution in [0.2, 0.25) is 0 Å². The van der Waals surface area contributed by atoms with Gasteiger partial charge in [0.2, 0.25) is 0 Å². The highest BCUT2D eigenvalue weighted by molar-refractivity contribution is 5.95. The van der Waals surface area contributed by atoms with Crippen LogP contribution in [0.15, 0.2) is 120 Å². The van der Waals surface area contributed by atoms with E-state index in [0.29, 0.717) is 30.0 Å². The molecule has 4 aromatic carbocycles. The summed E-state index contributed by atoms with van der Waals surface area (Å²) in [5.74, 6) is -0.0522. The molecule has 8 nitrogen and oxygen atoms in total. The predicted octanol–water partition coefficient (Wildman–Crippen LogP) is 6.52. The minimum atomic E-state index is -0.215. The molecule has 2 aromatic heterocycles. The van der Waals surface area contributed by atoms with Gasteiger partial charge in [0, 0.05) is 41.5 Å². The smallest absolute Gasteiger partial charge is 0.290 e. The lowest BCUT2D eigenvalue weighted by Gasteiger charge is -2.13. The van der Waals surface area contributed by atoms with Crippen molar-refractivity contribution < 1.29 is 9.90 Å². The van der Waals surface area contributed by atoms with Crippen molar-refractivity contribution in [3.05, 3.63) is 137 Å². The summed E-state index contributed by atoms with van der Waals surface area (Å²) >= 11 is 0. The van der Waals surface area contributed by atoms with E-state index in [1.54, 1.807) is 36.5 Å². The fourth-order valence-electron chi connectivity index (χ4n) is 4.99. The summed E-state index contributed by atoms with van der Waals surface area (Å²) in [7, 11) is 0. The number of aryl methyl sites for hydroxylation is 1. The minimum Gasteiger partial charge on any atom is -0.508 e. The van der Waals surface area contributed by atoms with Crippen molar-refractivity contribution in [1.82, 2.24) is 20.1 Å². The number of aromatic hydroxyl groups is 1. The summed E-state index contributed by atoms with van der Waals surface area (Å²) < 4.78 is 1.45. The highest BCUT2D eigenvalue weighted by Crippen LogP contribution is 2.29. The molecule has 212 valence electrons. The molecule has 0 radical (unpaired) electrons. The fraction of sp³-hybridized carbons (Fsp3) is 0.0857. The van der Waals surface area contributed by atoms with E-state index < -0.39 is 0 Å². The van der Waals surface area contributed by atoms with E-state index >= 15 is 0 Å². The van der Waals surface area contributed by atoms with Crippen LogP contribution in [-0.2, 0) is 13.1 Å². The average molecular weight is 568 g/mol. The molecule has 2 heterocycles. The summed E-state index contributed by atoms with van der Waals surface area (Å²) in [6.07, 6.45) is 1.74. The number of pyridine rings is 1. The van der Waals surface area contributed by atoms with Gasteiger partial charge in [0.15, 0.2) is 0 Å². The molecule has 0 spiro atoms. The van der Waals surface area contributed by atoms with E-state index in [2.05, 4.69) is 20.7 Å². The second-order valence-electron chi connectivity index (χ2n) is 10.1. The molecule has 8 heteroatoms. The lowest BCUT2D eigenvalue weighted by Crippen LogP contribution is -2.24. The summed E-state index contributed by atoms with van der Waals surface area (Å²) in [4.78, 5) is 30.6. The summed E-state index contributed by atoms with van der Waals surface area (Å²) in [6.45, 7) is 2.60. The molecule has 0 atom stereocenters. The van der Waals surface area contributed by atoms with Crippen molar-refractivity contribution in [3.63, 3.8) is 0 Å². The molecule has 43 heavy (non-hydrogen) atoms. The van der Waals surface area contributed by atoms with E-state index in [1.807, 2.05) is 85.8 Å². The Morgan fingerprint density at radius 3 is 2.42 bits per heavy atom. The second-order valence-corrected chi connectivity index (χ2v) is 10.1. The zero-order chi connectivity index (χ0) is 29.8. The number of carbonyl (C=O) groups excluding carboxylic acids is 1. The van der Waals surface area contributed by atoms with E-state index in [4.69, 9.17) is 0 Å². The van der Waals surface area contributed by atoms with Gasteiger partial charge in [-0.1, -0.05) is 48.5 Å². The Hall–Kier alpha value is -5.76. The molecule has 6 rings (SSSR count). The van der Waals surface area contributed by atoms with Gasteiger partial charge in [-0.15, -0.1) is 0 Å². The molecule has 0 aliphatic heterocycles. The number of amides is 1. The summed E-state index contributed by atoms with van der Waals surface area (Å²) in [5, 5.41) is 21.5. The number of nitrogens with zero attached hydrogens (tertiary/aromatic N) is 3. The lowest BCUT2D eigenvalue weighted by molar-refractivity contribution is 0.0951. The maximum atomic E-state index is 13.2. The molecule has 1 amide bonds. The highest BCUT2D eigenvalue weighted by Gasteiger charge is 2.13. The number of aromatic nitrogens is 3. The van der Waals surface area contributed by atoms with Crippen LogP contribution in [0.1, 0.15) is 22.8 Å². The van der Waals surface area contributed by atoms with Gasteiger partial charge in [0.1, 0.15) is 11.4 Å². The molecular formula is C35H29N5O3. The first-order valence-corrected chi connectivity index (χ1v) is 14.0. The topological polar surface area (TPSA) is 109 Å². The van der Waals surface area contributed by atoms with Crippen molar-refractivity contribution in [2.75, 3.05) is 5.32 Å². The quantitative estimate of drug-likeness (QED) is 0.193. The Labute approximate surface area is 248 Å². The van der Waals surface area contributed by atoms with Gasteiger partial charge in [-0.2, -0.15) is 5.10 Å². The van der Waals surface area contributed by atoms with Crippen LogP contribution >= 0.6 is 0 Å². The molecule has 6 aromatic rings. The third-order valence-corrected chi connectivity index (χ3v) is 7.17. The molecule has 0 aliphatic carbocycles. The number of rotatable bonds is 8. The van der Waals surface area contributed by atoms with Crippen LogP contribution in [0.25, 0.3) is 33.3 Å². The Morgan fingerprint density at radius 1 is 0.814 bits per heavy atom. The van der Waals surface area contributed by atoms with Gasteiger partial charge in [-0.05, 0) is 84.3 Å². The van der Waals surface area contributed by atoms with Crippen molar-refractivity contribution in [3.8, 4) is 28.1 Å². The predicted molar refractivity (Wildman–Crippen MR) is 169 cm³/mol. The monoisotopic (exact) mass is 567 g/mol. The molecule has 0 saturated carbocycles. The fourth-order valence-corrected chi connectivity index (χ4v) is 4.99. The van der Waals surface area contributed by atoms with Gasteiger partial charge in [-0.25, -0.2) is 4.68 Å². The number of carbonyl (C=O) groups is 1. The van der Waals surface area contributed by atoms with E-state index in [0.717, 1.165) is 38.8 Å². The standard InChI is InChI=1S/C35H29N5O3/c1-2-40-35(43)33(38-31-16-6-15-30-29(31)14-7-17-36-30)21-32(39-40)26-11-4-9-24(19-26)25-10-5-12-27(20-25)34(42)37-22-23-8-3-13-28(41)18-23/h3-21,38,41H,2,22H2,1H3,(H,37,42). The Morgan fingerprint density at radius 2 is 1.58 bits per heavy atom. The molecule has 0 fully saturated rings. The maximum absolute atomic E-state index is 13.2. The zero-order valence-corrected chi connectivity index (χ0v) is 23.5. The number of hydrogen-bond acceptors (Lipinski definition) is 6. The van der Waals surface area contributed by atoms with Crippen molar-refractivity contribution in [1.29, 1.82) is 0 Å². The van der Waals surface area contributed by atoms with E-state index in [9.17, 15) is 14.7 Å². The number of phenols is 1. The van der Waals surface area contributed by atoms with Crippen molar-refractivity contribution in [2.45, 2.75) is 20.0 Å². The van der Waals surface area contributed by atoms with Gasteiger partial charge in [0.25, 0.3) is 11.5 Å². The number of hydrogen-bond donors (Lipinski definition) is 3. The largest absolute Gasteiger partial charge is 0.508 e. The number of fused-ring (bicyclic) bond motifs is 1. The number of nitrogens with one attached hydrogen (secondary N) is 2. The van der Waals surface area contributed by atoms with Gasteiger partial charge < -0.3 is 15.7 Å². The second kappa shape index (κ2) is 12.0. The third kappa shape index (κ3) is 5.99. The molecule has 0 unspecified atom stereocenters.